The van der Waals surface area contributed by atoms with Crippen molar-refractivity contribution in [2.75, 3.05) is 13.7 Å². The summed E-state index contributed by atoms with van der Waals surface area (Å²) in [6.45, 7) is 1.60. The van der Waals surface area contributed by atoms with E-state index in [1.165, 1.54) is 7.05 Å². The Morgan fingerprint density at radius 1 is 1.33 bits per heavy atom. The zero-order chi connectivity index (χ0) is 9.99. The van der Waals surface area contributed by atoms with Gasteiger partial charge in [0.15, 0.2) is 0 Å². The molecule has 1 unspecified atom stereocenters. The Balaban J connectivity index is 4.57. The average Bonchev–Trinajstić information content (AvgIpc) is 1.87. The van der Waals surface area contributed by atoms with Crippen LogP contribution in [0.15, 0.2) is 0 Å². The second-order valence-electron chi connectivity index (χ2n) is 3.24. The van der Waals surface area contributed by atoms with Crippen LogP contribution >= 0.6 is 0 Å². The largest absolute Gasteiger partial charge is 0.395 e. The molecule has 2 nitrogen and oxygen atoms in total. The van der Waals surface area contributed by atoms with Gasteiger partial charge < -0.3 is 10.4 Å². The molecular formula is C7H14F3NO. The molecule has 0 heterocycles. The summed E-state index contributed by atoms with van der Waals surface area (Å²) < 4.78 is 36.9. The molecule has 0 rings (SSSR count). The number of rotatable bonds is 3. The lowest BCUT2D eigenvalue weighted by Gasteiger charge is -2.34. The van der Waals surface area contributed by atoms with Crippen LogP contribution in [0.2, 0.25) is 0 Å². The van der Waals surface area contributed by atoms with E-state index in [-0.39, 0.29) is 0 Å². The fourth-order valence-corrected chi connectivity index (χ4v) is 0.878. The maximum absolute atomic E-state index is 12.3. The number of likely N-dealkylation sites (N-methyl/N-ethyl adjacent to an activating group) is 1. The van der Waals surface area contributed by atoms with Crippen molar-refractivity contribution in [3.8, 4) is 0 Å². The Hall–Kier alpha value is -0.290. The maximum Gasteiger partial charge on any atom is 0.395 e. The van der Waals surface area contributed by atoms with E-state index in [1.54, 1.807) is 0 Å². The number of hydrogen-bond donors (Lipinski definition) is 2. The normalized spacial score (nSPS) is 16.2. The van der Waals surface area contributed by atoms with Crippen molar-refractivity contribution in [1.29, 1.82) is 0 Å². The lowest BCUT2D eigenvalue weighted by atomic mass is 9.84. The molecule has 0 aromatic rings. The fraction of sp³-hybridized carbons (Fsp3) is 1.00. The zero-order valence-electron chi connectivity index (χ0n) is 7.37. The highest BCUT2D eigenvalue weighted by Gasteiger charge is 2.51. The summed E-state index contributed by atoms with van der Waals surface area (Å²) in [4.78, 5) is 0. The van der Waals surface area contributed by atoms with Gasteiger partial charge in [0.25, 0.3) is 0 Å². The summed E-state index contributed by atoms with van der Waals surface area (Å²) in [5.41, 5.74) is -1.91. The topological polar surface area (TPSA) is 32.3 Å². The van der Waals surface area contributed by atoms with Crippen LogP contribution in [0.1, 0.15) is 13.8 Å². The number of alkyl halides is 3. The first-order valence-corrected chi connectivity index (χ1v) is 3.62. The van der Waals surface area contributed by atoms with Gasteiger partial charge in [-0.25, -0.2) is 0 Å². The van der Waals surface area contributed by atoms with Crippen LogP contribution in [0.25, 0.3) is 0 Å². The third-order valence-corrected chi connectivity index (χ3v) is 2.13. The molecule has 0 radical (unpaired) electrons. The monoisotopic (exact) mass is 185 g/mol. The van der Waals surface area contributed by atoms with Gasteiger partial charge in [-0.2, -0.15) is 13.2 Å². The van der Waals surface area contributed by atoms with E-state index in [1.807, 2.05) is 0 Å². The summed E-state index contributed by atoms with van der Waals surface area (Å²) >= 11 is 0. The van der Waals surface area contributed by atoms with Crippen molar-refractivity contribution in [1.82, 2.24) is 5.32 Å². The van der Waals surface area contributed by atoms with E-state index in [4.69, 9.17) is 5.11 Å². The number of aliphatic hydroxyl groups excluding tert-OH is 1. The number of aliphatic hydroxyl groups is 1. The third kappa shape index (κ3) is 2.10. The van der Waals surface area contributed by atoms with Crippen molar-refractivity contribution in [2.24, 2.45) is 5.41 Å². The molecule has 0 fully saturated rings. The summed E-state index contributed by atoms with van der Waals surface area (Å²) in [6.07, 6.45) is -4.30. The van der Waals surface area contributed by atoms with Gasteiger partial charge in [0.2, 0.25) is 0 Å². The minimum Gasteiger partial charge on any atom is -0.395 e. The number of halogens is 3. The van der Waals surface area contributed by atoms with Crippen LogP contribution in [0.5, 0.6) is 0 Å². The molecule has 0 saturated carbocycles. The molecule has 0 saturated heterocycles. The molecule has 74 valence electrons. The summed E-state index contributed by atoms with van der Waals surface area (Å²) in [6, 6.07) is -0.961. The SMILES string of the molecule is CNC(CO)C(C)(C)C(F)(F)F. The highest BCUT2D eigenvalue weighted by Crippen LogP contribution is 2.39. The lowest BCUT2D eigenvalue weighted by Crippen LogP contribution is -2.51. The Bertz CT molecular complexity index is 140. The fourth-order valence-electron chi connectivity index (χ4n) is 0.878. The van der Waals surface area contributed by atoms with Crippen molar-refractivity contribution in [3.63, 3.8) is 0 Å². The minimum absolute atomic E-state index is 0.525. The summed E-state index contributed by atoms with van der Waals surface area (Å²) in [7, 11) is 1.40. The molecule has 5 heteroatoms. The van der Waals surface area contributed by atoms with Gasteiger partial charge in [0.1, 0.15) is 0 Å². The molecule has 0 spiro atoms. The van der Waals surface area contributed by atoms with Gasteiger partial charge in [-0.1, -0.05) is 0 Å². The predicted octanol–water partition coefficient (Wildman–Crippen LogP) is 1.16. The molecule has 0 aliphatic rings. The molecular weight excluding hydrogens is 171 g/mol. The van der Waals surface area contributed by atoms with Gasteiger partial charge in [0, 0.05) is 6.04 Å². The van der Waals surface area contributed by atoms with E-state index in [0.29, 0.717) is 0 Å². The highest BCUT2D eigenvalue weighted by molar-refractivity contribution is 4.88. The van der Waals surface area contributed by atoms with E-state index >= 15 is 0 Å². The summed E-state index contributed by atoms with van der Waals surface area (Å²) in [5.74, 6) is 0. The average molecular weight is 185 g/mol. The first-order chi connectivity index (χ1) is 5.27. The molecule has 0 aromatic heterocycles. The molecule has 0 amide bonds. The second kappa shape index (κ2) is 3.62. The van der Waals surface area contributed by atoms with E-state index in [2.05, 4.69) is 5.32 Å². The smallest absolute Gasteiger partial charge is 0.395 e. The van der Waals surface area contributed by atoms with E-state index in [9.17, 15) is 13.2 Å². The van der Waals surface area contributed by atoms with E-state index in [0.717, 1.165) is 13.8 Å². The first kappa shape index (κ1) is 11.7. The standard InChI is InChI=1S/C7H14F3NO/c1-6(2,7(8,9)10)5(4-12)11-3/h5,11-12H,4H2,1-3H3. The number of nitrogens with one attached hydrogen (secondary N) is 1. The molecule has 0 bridgehead atoms. The third-order valence-electron chi connectivity index (χ3n) is 2.13. The van der Waals surface area contributed by atoms with Crippen LogP contribution in [-0.4, -0.2) is 31.0 Å². The Labute approximate surface area is 69.8 Å². The zero-order valence-corrected chi connectivity index (χ0v) is 7.37. The molecule has 0 aromatic carbocycles. The van der Waals surface area contributed by atoms with Gasteiger partial charge in [-0.3, -0.25) is 0 Å². The van der Waals surface area contributed by atoms with Gasteiger partial charge in [0.05, 0.1) is 12.0 Å². The van der Waals surface area contributed by atoms with Crippen LogP contribution in [0.3, 0.4) is 0 Å². The Morgan fingerprint density at radius 2 is 1.75 bits per heavy atom. The van der Waals surface area contributed by atoms with Crippen molar-refractivity contribution < 1.29 is 18.3 Å². The van der Waals surface area contributed by atoms with Crippen LogP contribution in [0, 0.1) is 5.41 Å². The van der Waals surface area contributed by atoms with Crippen LogP contribution < -0.4 is 5.32 Å². The Kier molecular flexibility index (Phi) is 3.53. The molecule has 0 aliphatic carbocycles. The lowest BCUT2D eigenvalue weighted by molar-refractivity contribution is -0.223. The summed E-state index contributed by atoms with van der Waals surface area (Å²) in [5, 5.41) is 11.1. The van der Waals surface area contributed by atoms with Crippen molar-refractivity contribution in [3.05, 3.63) is 0 Å². The molecule has 2 N–H and O–H groups in total. The highest BCUT2D eigenvalue weighted by atomic mass is 19.4. The van der Waals surface area contributed by atoms with Crippen molar-refractivity contribution in [2.45, 2.75) is 26.1 Å². The Morgan fingerprint density at radius 3 is 1.83 bits per heavy atom. The molecule has 0 aliphatic heterocycles. The minimum atomic E-state index is -4.30. The molecule has 1 atom stereocenters. The predicted molar refractivity (Wildman–Crippen MR) is 39.8 cm³/mol. The first-order valence-electron chi connectivity index (χ1n) is 3.62. The van der Waals surface area contributed by atoms with Crippen LogP contribution in [0.4, 0.5) is 13.2 Å². The van der Waals surface area contributed by atoms with Gasteiger partial charge in [-0.05, 0) is 20.9 Å². The second-order valence-corrected chi connectivity index (χ2v) is 3.24. The van der Waals surface area contributed by atoms with Crippen molar-refractivity contribution >= 4 is 0 Å². The quantitative estimate of drug-likeness (QED) is 0.691. The number of hydrogen-bond acceptors (Lipinski definition) is 2. The van der Waals surface area contributed by atoms with Gasteiger partial charge >= 0.3 is 6.18 Å². The van der Waals surface area contributed by atoms with E-state index < -0.39 is 24.2 Å². The molecule has 12 heavy (non-hydrogen) atoms. The van der Waals surface area contributed by atoms with Gasteiger partial charge in [-0.15, -0.1) is 0 Å². The van der Waals surface area contributed by atoms with Crippen LogP contribution in [-0.2, 0) is 0 Å². The maximum atomic E-state index is 12.3.